The van der Waals surface area contributed by atoms with Crippen LogP contribution in [0.3, 0.4) is 0 Å². The highest BCUT2D eigenvalue weighted by molar-refractivity contribution is 5.99. The summed E-state index contributed by atoms with van der Waals surface area (Å²) in [6.07, 6.45) is -0.924. The Labute approximate surface area is 171 Å². The lowest BCUT2D eigenvalue weighted by atomic mass is 9.94. The van der Waals surface area contributed by atoms with E-state index in [9.17, 15) is 14.7 Å². The lowest BCUT2D eigenvalue weighted by molar-refractivity contribution is 0.225. The van der Waals surface area contributed by atoms with E-state index < -0.39 is 17.4 Å². The van der Waals surface area contributed by atoms with E-state index >= 15 is 0 Å². The molecule has 5 rings (SSSR count). The Hall–Kier alpha value is -3.71. The van der Waals surface area contributed by atoms with Gasteiger partial charge < -0.3 is 9.84 Å². The van der Waals surface area contributed by atoms with Crippen LogP contribution in [0.15, 0.2) is 58.1 Å². The fourth-order valence-corrected chi connectivity index (χ4v) is 4.24. The molecule has 7 heteroatoms. The van der Waals surface area contributed by atoms with Crippen molar-refractivity contribution in [2.24, 2.45) is 14.1 Å². The van der Waals surface area contributed by atoms with Gasteiger partial charge in [0.05, 0.1) is 18.2 Å². The molecule has 2 heterocycles. The topological polar surface area (TPSA) is 86.4 Å². The summed E-state index contributed by atoms with van der Waals surface area (Å²) in [7, 11) is 4.62. The SMILES string of the molecule is COc1ccc(-c2c3c(nc4c2c(=O)n(C)c(=O)n4C)-c2ccccc2C3O)cc1. The van der Waals surface area contributed by atoms with Gasteiger partial charge in [0.15, 0.2) is 5.65 Å². The van der Waals surface area contributed by atoms with Crippen molar-refractivity contribution >= 4 is 11.0 Å². The summed E-state index contributed by atoms with van der Waals surface area (Å²) in [5, 5.41) is 11.5. The number of hydrogen-bond acceptors (Lipinski definition) is 5. The first kappa shape index (κ1) is 18.3. The number of nitrogens with zero attached hydrogens (tertiary/aromatic N) is 3. The Bertz CT molecular complexity index is 1450. The van der Waals surface area contributed by atoms with Crippen molar-refractivity contribution in [3.8, 4) is 28.1 Å². The minimum absolute atomic E-state index is 0.288. The van der Waals surface area contributed by atoms with E-state index in [0.29, 0.717) is 28.0 Å². The largest absolute Gasteiger partial charge is 0.497 e. The van der Waals surface area contributed by atoms with Crippen molar-refractivity contribution < 1.29 is 9.84 Å². The van der Waals surface area contributed by atoms with Gasteiger partial charge in [-0.15, -0.1) is 0 Å². The number of aliphatic hydroxyl groups is 1. The van der Waals surface area contributed by atoms with Crippen molar-refractivity contribution in [1.82, 2.24) is 14.1 Å². The summed E-state index contributed by atoms with van der Waals surface area (Å²) in [6, 6.07) is 14.8. The highest BCUT2D eigenvalue weighted by Crippen LogP contribution is 2.48. The number of aryl methyl sites for hydroxylation is 1. The number of benzene rings is 2. The molecule has 1 atom stereocenters. The second-order valence-electron chi connectivity index (χ2n) is 7.37. The molecule has 1 N–H and O–H groups in total. The van der Waals surface area contributed by atoms with Gasteiger partial charge in [-0.05, 0) is 23.3 Å². The van der Waals surface area contributed by atoms with E-state index in [1.54, 1.807) is 26.3 Å². The summed E-state index contributed by atoms with van der Waals surface area (Å²) in [6.45, 7) is 0. The Morgan fingerprint density at radius 2 is 1.70 bits per heavy atom. The Morgan fingerprint density at radius 1 is 1.00 bits per heavy atom. The molecule has 0 radical (unpaired) electrons. The van der Waals surface area contributed by atoms with Gasteiger partial charge in [0.2, 0.25) is 0 Å². The molecule has 0 spiro atoms. The molecule has 7 nitrogen and oxygen atoms in total. The molecule has 1 aliphatic carbocycles. The molecule has 2 aromatic heterocycles. The highest BCUT2D eigenvalue weighted by atomic mass is 16.5. The number of fused-ring (bicyclic) bond motifs is 4. The molecular weight excluding hydrogens is 382 g/mol. The molecule has 4 aromatic rings. The van der Waals surface area contributed by atoms with E-state index in [1.807, 2.05) is 36.4 Å². The third kappa shape index (κ3) is 2.32. The van der Waals surface area contributed by atoms with Crippen LogP contribution in [0.2, 0.25) is 0 Å². The maximum Gasteiger partial charge on any atom is 0.332 e. The Kier molecular flexibility index (Phi) is 3.91. The number of rotatable bonds is 2. The third-order valence-corrected chi connectivity index (χ3v) is 5.79. The molecular formula is C23H19N3O4. The molecule has 0 amide bonds. The fourth-order valence-electron chi connectivity index (χ4n) is 4.24. The maximum absolute atomic E-state index is 13.2. The van der Waals surface area contributed by atoms with Crippen LogP contribution in [-0.2, 0) is 14.1 Å². The smallest absolute Gasteiger partial charge is 0.332 e. The maximum atomic E-state index is 13.2. The van der Waals surface area contributed by atoms with Crippen LogP contribution in [0.5, 0.6) is 5.75 Å². The monoisotopic (exact) mass is 401 g/mol. The van der Waals surface area contributed by atoms with E-state index in [-0.39, 0.29) is 5.65 Å². The zero-order valence-corrected chi connectivity index (χ0v) is 16.7. The molecule has 2 aromatic carbocycles. The quantitative estimate of drug-likeness (QED) is 0.557. The van der Waals surface area contributed by atoms with Crippen LogP contribution in [0.1, 0.15) is 17.2 Å². The van der Waals surface area contributed by atoms with Crippen LogP contribution in [0.25, 0.3) is 33.4 Å². The Morgan fingerprint density at radius 3 is 2.40 bits per heavy atom. The summed E-state index contributed by atoms with van der Waals surface area (Å²) in [5.74, 6) is 0.679. The van der Waals surface area contributed by atoms with Gasteiger partial charge in [-0.25, -0.2) is 9.78 Å². The lowest BCUT2D eigenvalue weighted by Gasteiger charge is -2.17. The second-order valence-corrected chi connectivity index (χ2v) is 7.37. The first-order valence-electron chi connectivity index (χ1n) is 9.49. The highest BCUT2D eigenvalue weighted by Gasteiger charge is 2.34. The van der Waals surface area contributed by atoms with E-state index in [4.69, 9.17) is 9.72 Å². The van der Waals surface area contributed by atoms with Gasteiger partial charge in [-0.2, -0.15) is 0 Å². The Balaban J connectivity index is 2.01. The molecule has 1 unspecified atom stereocenters. The van der Waals surface area contributed by atoms with E-state index in [0.717, 1.165) is 21.3 Å². The van der Waals surface area contributed by atoms with Crippen LogP contribution >= 0.6 is 0 Å². The molecule has 1 aliphatic rings. The molecule has 0 fully saturated rings. The second kappa shape index (κ2) is 6.40. The molecule has 30 heavy (non-hydrogen) atoms. The predicted molar refractivity (Wildman–Crippen MR) is 114 cm³/mol. The van der Waals surface area contributed by atoms with Crippen molar-refractivity contribution in [1.29, 1.82) is 0 Å². The van der Waals surface area contributed by atoms with E-state index in [2.05, 4.69) is 0 Å². The molecule has 0 saturated heterocycles. The number of aliphatic hydroxyl groups excluding tert-OH is 1. The normalized spacial score (nSPS) is 14.6. The van der Waals surface area contributed by atoms with Gasteiger partial charge in [0.25, 0.3) is 5.56 Å². The van der Waals surface area contributed by atoms with Gasteiger partial charge in [-0.3, -0.25) is 13.9 Å². The summed E-state index contributed by atoms with van der Waals surface area (Å²) in [4.78, 5) is 30.5. The summed E-state index contributed by atoms with van der Waals surface area (Å²) < 4.78 is 7.70. The first-order chi connectivity index (χ1) is 14.4. The summed E-state index contributed by atoms with van der Waals surface area (Å²) >= 11 is 0. The predicted octanol–water partition coefficient (Wildman–Crippen LogP) is 2.37. The van der Waals surface area contributed by atoms with Crippen molar-refractivity contribution in [2.75, 3.05) is 7.11 Å². The van der Waals surface area contributed by atoms with Crippen molar-refractivity contribution in [3.63, 3.8) is 0 Å². The minimum atomic E-state index is -0.924. The molecule has 150 valence electrons. The van der Waals surface area contributed by atoms with Gasteiger partial charge >= 0.3 is 5.69 Å². The lowest BCUT2D eigenvalue weighted by Crippen LogP contribution is -2.37. The number of ether oxygens (including phenoxy) is 1. The number of aromatic nitrogens is 3. The number of methoxy groups -OCH3 is 1. The summed E-state index contributed by atoms with van der Waals surface area (Å²) in [5.41, 5.74) is 3.39. The molecule has 0 bridgehead atoms. The number of hydrogen-bond donors (Lipinski definition) is 1. The van der Waals surface area contributed by atoms with Crippen LogP contribution in [-0.4, -0.2) is 26.3 Å². The molecule has 0 aliphatic heterocycles. The van der Waals surface area contributed by atoms with Crippen molar-refractivity contribution in [2.45, 2.75) is 6.10 Å². The van der Waals surface area contributed by atoms with Crippen LogP contribution in [0, 0.1) is 0 Å². The van der Waals surface area contributed by atoms with Gasteiger partial charge in [0, 0.05) is 30.8 Å². The average molecular weight is 401 g/mol. The minimum Gasteiger partial charge on any atom is -0.497 e. The van der Waals surface area contributed by atoms with E-state index in [1.165, 1.54) is 11.6 Å². The molecule has 0 saturated carbocycles. The zero-order chi connectivity index (χ0) is 21.2. The number of pyridine rings is 1. The fraction of sp³-hybridized carbons (Fsp3) is 0.174. The average Bonchev–Trinajstić information content (AvgIpc) is 3.07. The standard InChI is InChI=1S/C23H19N3O4/c1-25-21-18(22(28)26(2)23(25)29)16(12-8-10-13(30-3)11-9-12)17-19(24-21)14-6-4-5-7-15(14)20(17)27/h4-11,20,27H,1-3H3. The van der Waals surface area contributed by atoms with Gasteiger partial charge in [0.1, 0.15) is 11.9 Å². The van der Waals surface area contributed by atoms with Crippen molar-refractivity contribution in [3.05, 3.63) is 80.5 Å². The third-order valence-electron chi connectivity index (χ3n) is 5.79. The first-order valence-corrected chi connectivity index (χ1v) is 9.49. The zero-order valence-electron chi connectivity index (χ0n) is 16.7. The van der Waals surface area contributed by atoms with Crippen LogP contribution < -0.4 is 16.0 Å². The van der Waals surface area contributed by atoms with Crippen LogP contribution in [0.4, 0.5) is 0 Å². The van der Waals surface area contributed by atoms with Gasteiger partial charge in [-0.1, -0.05) is 36.4 Å².